The third-order valence-electron chi connectivity index (χ3n) is 9.58. The van der Waals surface area contributed by atoms with Gasteiger partial charge in [0.1, 0.15) is 12.3 Å². The van der Waals surface area contributed by atoms with Gasteiger partial charge in [0, 0.05) is 47.2 Å². The average Bonchev–Trinajstić information content (AvgIpc) is 3.32. The lowest BCUT2D eigenvalue weighted by Crippen LogP contribution is -2.56. The summed E-state index contributed by atoms with van der Waals surface area (Å²) in [6, 6.07) is 18.1. The molecule has 0 spiro atoms. The van der Waals surface area contributed by atoms with Gasteiger partial charge in [-0.1, -0.05) is 48.4 Å². The van der Waals surface area contributed by atoms with Gasteiger partial charge in [-0.3, -0.25) is 9.59 Å². The number of ether oxygens (including phenoxy) is 1. The molecule has 2 aliphatic heterocycles. The second-order valence-corrected chi connectivity index (χ2v) is 15.3. The molecule has 10 nitrogen and oxygen atoms in total. The first-order chi connectivity index (χ1) is 24.4. The van der Waals surface area contributed by atoms with Crippen molar-refractivity contribution in [1.82, 2.24) is 20.1 Å². The van der Waals surface area contributed by atoms with Crippen LogP contribution in [0.2, 0.25) is 5.02 Å². The smallest absolute Gasteiger partial charge is 0.318 e. The predicted molar refractivity (Wildman–Crippen MR) is 204 cm³/mol. The molecule has 1 aromatic heterocycles. The number of aromatic nitrogens is 1. The van der Waals surface area contributed by atoms with Gasteiger partial charge < -0.3 is 35.6 Å². The molecule has 3 heterocycles. The number of benzene rings is 2. The van der Waals surface area contributed by atoms with E-state index in [1.165, 1.54) is 5.56 Å². The van der Waals surface area contributed by atoms with E-state index in [2.05, 4.69) is 40.2 Å². The maximum Gasteiger partial charge on any atom is 0.318 e. The second-order valence-electron chi connectivity index (χ2n) is 14.9. The van der Waals surface area contributed by atoms with Crippen molar-refractivity contribution in [3.05, 3.63) is 98.9 Å². The maximum absolute atomic E-state index is 13.9. The van der Waals surface area contributed by atoms with Crippen molar-refractivity contribution >= 4 is 34.9 Å². The van der Waals surface area contributed by atoms with Gasteiger partial charge in [-0.25, -0.2) is 4.79 Å². The average molecular weight is 717 g/mol. The molecule has 0 saturated carbocycles. The van der Waals surface area contributed by atoms with Gasteiger partial charge in [-0.15, -0.1) is 0 Å². The number of amides is 3. The zero-order chi connectivity index (χ0) is 36.4. The lowest BCUT2D eigenvalue weighted by molar-refractivity contribution is -0.125. The van der Waals surface area contributed by atoms with Gasteiger partial charge in [0.25, 0.3) is 5.56 Å². The summed E-state index contributed by atoms with van der Waals surface area (Å²) in [5, 5.41) is 18.9. The minimum absolute atomic E-state index is 0.00415. The lowest BCUT2D eigenvalue weighted by Gasteiger charge is -2.33. The number of nitrogens with one attached hydrogen (secondary N) is 4. The number of aryl methyl sites for hydroxylation is 1. The molecular weight excluding hydrogens is 664 g/mol. The number of halogens is 1. The van der Waals surface area contributed by atoms with Crippen LogP contribution in [0.5, 0.6) is 0 Å². The highest BCUT2D eigenvalue weighted by Crippen LogP contribution is 2.28. The second kappa shape index (κ2) is 17.9. The Bertz CT molecular complexity index is 1700. The van der Waals surface area contributed by atoms with Gasteiger partial charge >= 0.3 is 6.03 Å². The van der Waals surface area contributed by atoms with Crippen LogP contribution in [0.25, 0.3) is 0 Å². The van der Waals surface area contributed by atoms with E-state index in [1.54, 1.807) is 39.9 Å². The Morgan fingerprint density at radius 1 is 1.00 bits per heavy atom. The van der Waals surface area contributed by atoms with E-state index < -0.39 is 11.6 Å². The number of urea groups is 1. The van der Waals surface area contributed by atoms with Crippen molar-refractivity contribution in [2.24, 2.45) is 5.92 Å². The van der Waals surface area contributed by atoms with Gasteiger partial charge in [0.15, 0.2) is 0 Å². The standard InChI is InChI=1S/C40H53ClN6O4/c1-40(2,3)45-39(50)47-22-9-12-29(11-8-10-28-15-17-30(18-16-28)27-46-21-6-4-14-37(46)48)24-35(47)38(49)43-26-33(42)32-25-31(41)19-20-34(32)44-36-13-5-7-23-51-36/h4,6,14-21,25,29,35-36,42,44H,5,7-13,22-24,26-27H2,1-3H3,(H,43,49)(H,45,50). The van der Waals surface area contributed by atoms with Gasteiger partial charge in [-0.05, 0) is 113 Å². The summed E-state index contributed by atoms with van der Waals surface area (Å²) in [5.41, 5.74) is 3.42. The Morgan fingerprint density at radius 3 is 2.51 bits per heavy atom. The zero-order valence-electron chi connectivity index (χ0n) is 30.2. The van der Waals surface area contributed by atoms with E-state index in [-0.39, 0.29) is 41.9 Å². The largest absolute Gasteiger partial charge is 0.360 e. The normalized spacial score (nSPS) is 19.5. The van der Waals surface area contributed by atoms with Crippen LogP contribution in [0.3, 0.4) is 0 Å². The molecule has 2 fully saturated rings. The van der Waals surface area contributed by atoms with E-state index in [9.17, 15) is 14.4 Å². The van der Waals surface area contributed by atoms with Gasteiger partial charge in [0.05, 0.1) is 18.8 Å². The molecule has 2 aromatic carbocycles. The Morgan fingerprint density at radius 2 is 1.78 bits per heavy atom. The van der Waals surface area contributed by atoms with Crippen molar-refractivity contribution in [2.45, 2.75) is 103 Å². The predicted octanol–water partition coefficient (Wildman–Crippen LogP) is 6.97. The monoisotopic (exact) mass is 716 g/mol. The Labute approximate surface area is 306 Å². The topological polar surface area (TPSA) is 129 Å². The zero-order valence-corrected chi connectivity index (χ0v) is 30.9. The molecule has 0 aliphatic carbocycles. The minimum Gasteiger partial charge on any atom is -0.360 e. The summed E-state index contributed by atoms with van der Waals surface area (Å²) in [5.74, 6) is 0.0204. The Balaban J connectivity index is 1.21. The number of pyridine rings is 1. The van der Waals surface area contributed by atoms with Crippen molar-refractivity contribution in [3.8, 4) is 0 Å². The molecule has 4 N–H and O–H groups in total. The number of carbonyl (C=O) groups is 2. The molecule has 5 rings (SSSR count). The minimum atomic E-state index is -0.652. The number of rotatable bonds is 12. The first kappa shape index (κ1) is 38.1. The summed E-state index contributed by atoms with van der Waals surface area (Å²) in [6.07, 6.45) is 9.78. The molecule has 51 heavy (non-hydrogen) atoms. The number of carbonyl (C=O) groups excluding carboxylic acids is 2. The maximum atomic E-state index is 13.9. The number of anilines is 1. The van der Waals surface area contributed by atoms with E-state index in [0.717, 1.165) is 62.6 Å². The number of hydrogen-bond acceptors (Lipinski definition) is 6. The van der Waals surface area contributed by atoms with Crippen molar-refractivity contribution in [3.63, 3.8) is 0 Å². The Kier molecular flexibility index (Phi) is 13.3. The molecule has 11 heteroatoms. The fourth-order valence-corrected chi connectivity index (χ4v) is 7.09. The molecular formula is C40H53ClN6O4. The summed E-state index contributed by atoms with van der Waals surface area (Å²) in [4.78, 5) is 41.2. The van der Waals surface area contributed by atoms with Crippen LogP contribution in [-0.2, 0) is 22.5 Å². The molecule has 2 saturated heterocycles. The molecule has 3 unspecified atom stereocenters. The van der Waals surface area contributed by atoms with Crippen LogP contribution >= 0.6 is 11.6 Å². The molecule has 3 aromatic rings. The van der Waals surface area contributed by atoms with Gasteiger partial charge in [0.2, 0.25) is 5.91 Å². The molecule has 2 aliphatic rings. The lowest BCUT2D eigenvalue weighted by atomic mass is 9.90. The van der Waals surface area contributed by atoms with E-state index >= 15 is 0 Å². The molecule has 3 amide bonds. The Hall–Kier alpha value is -4.15. The molecule has 0 radical (unpaired) electrons. The van der Waals surface area contributed by atoms with Crippen molar-refractivity contribution in [2.75, 3.05) is 25.0 Å². The van der Waals surface area contributed by atoms with Crippen LogP contribution in [0.4, 0.5) is 10.5 Å². The molecule has 0 bridgehead atoms. The summed E-state index contributed by atoms with van der Waals surface area (Å²) >= 11 is 6.35. The van der Waals surface area contributed by atoms with Crippen LogP contribution in [0.1, 0.15) is 88.8 Å². The number of nitrogens with zero attached hydrogens (tertiary/aromatic N) is 2. The fourth-order valence-electron chi connectivity index (χ4n) is 6.92. The van der Waals surface area contributed by atoms with Crippen molar-refractivity contribution < 1.29 is 14.3 Å². The highest BCUT2D eigenvalue weighted by molar-refractivity contribution is 6.31. The molecule has 3 atom stereocenters. The number of likely N-dealkylation sites (tertiary alicyclic amines) is 1. The van der Waals surface area contributed by atoms with Gasteiger partial charge in [-0.2, -0.15) is 0 Å². The first-order valence-electron chi connectivity index (χ1n) is 18.3. The highest BCUT2D eigenvalue weighted by Gasteiger charge is 2.35. The number of hydrogen-bond donors (Lipinski definition) is 4. The van der Waals surface area contributed by atoms with Crippen molar-refractivity contribution in [1.29, 1.82) is 5.41 Å². The summed E-state index contributed by atoms with van der Waals surface area (Å²) in [6.45, 7) is 7.54. The third-order valence-corrected chi connectivity index (χ3v) is 9.82. The summed E-state index contributed by atoms with van der Waals surface area (Å²) < 4.78 is 7.55. The van der Waals surface area contributed by atoms with E-state index in [0.29, 0.717) is 36.7 Å². The first-order valence-corrected chi connectivity index (χ1v) is 18.7. The van der Waals surface area contributed by atoms with E-state index in [1.807, 2.05) is 32.9 Å². The van der Waals surface area contributed by atoms with Crippen LogP contribution in [0.15, 0.2) is 71.7 Å². The molecule has 274 valence electrons. The van der Waals surface area contributed by atoms with Crippen LogP contribution in [0, 0.1) is 11.3 Å². The van der Waals surface area contributed by atoms with E-state index in [4.69, 9.17) is 21.7 Å². The highest BCUT2D eigenvalue weighted by atomic mass is 35.5. The SMILES string of the molecule is CC(C)(C)NC(=O)N1CCCC(CCCc2ccc(Cn3ccccc3=O)cc2)CC1C(=O)NCC(=N)c1cc(Cl)ccc1NC1CCCCO1. The van der Waals surface area contributed by atoms with Crippen LogP contribution in [-0.4, -0.2) is 64.6 Å². The van der Waals surface area contributed by atoms with Crippen LogP contribution < -0.4 is 21.5 Å². The third kappa shape index (κ3) is 11.4. The summed E-state index contributed by atoms with van der Waals surface area (Å²) in [7, 11) is 0. The fraction of sp³-hybridized carbons (Fsp3) is 0.500. The quantitative estimate of drug-likeness (QED) is 0.151.